The fourth-order valence-electron chi connectivity index (χ4n) is 3.17. The highest BCUT2D eigenvalue weighted by atomic mass is 32.1. The number of anilines is 2. The molecule has 0 radical (unpaired) electrons. The van der Waals surface area contributed by atoms with Gasteiger partial charge in [-0.05, 0) is 56.3 Å². The Hall–Kier alpha value is -2.19. The molecule has 5 rings (SSSR count). The average Bonchev–Trinajstić information content (AvgIpc) is 3.17. The molecule has 1 aliphatic rings. The summed E-state index contributed by atoms with van der Waals surface area (Å²) in [5.41, 5.74) is 5.93. The van der Waals surface area contributed by atoms with E-state index in [0.717, 1.165) is 52.4 Å². The van der Waals surface area contributed by atoms with Gasteiger partial charge in [0, 0.05) is 40.9 Å². The molecule has 1 fully saturated rings. The van der Waals surface area contributed by atoms with Gasteiger partial charge in [-0.2, -0.15) is 0 Å². The highest BCUT2D eigenvalue weighted by molar-refractivity contribution is 7.80. The van der Waals surface area contributed by atoms with Gasteiger partial charge in [-0.1, -0.05) is 0 Å². The van der Waals surface area contributed by atoms with Gasteiger partial charge in [-0.3, -0.25) is 4.98 Å². The number of aromatic nitrogens is 2. The molecule has 1 aliphatic heterocycles. The van der Waals surface area contributed by atoms with Crippen molar-refractivity contribution in [3.63, 3.8) is 0 Å². The standard InChI is InChI=1S/C16H11N3S2.C6H13NO/c20-11-2-3-13-12(8-11)14(5-6-17-13)19-10-1-4-16-15(7-10)18-9-21-16;1-6(2)5-7-3-4-8-6/h1-9,20H,(H,17,19);7H,3-5H2,1-2H3. The van der Waals surface area contributed by atoms with Crippen molar-refractivity contribution in [2.75, 3.05) is 25.0 Å². The summed E-state index contributed by atoms with van der Waals surface area (Å²) in [6.45, 7) is 7.03. The lowest BCUT2D eigenvalue weighted by Gasteiger charge is -2.30. The van der Waals surface area contributed by atoms with Crippen molar-refractivity contribution in [3.05, 3.63) is 54.2 Å². The summed E-state index contributed by atoms with van der Waals surface area (Å²) < 4.78 is 6.60. The number of thiol groups is 1. The van der Waals surface area contributed by atoms with E-state index in [1.807, 2.05) is 36.0 Å². The highest BCUT2D eigenvalue weighted by Crippen LogP contribution is 2.29. The Labute approximate surface area is 179 Å². The third-order valence-corrected chi connectivity index (χ3v) is 5.75. The molecule has 0 spiro atoms. The Balaban J connectivity index is 0.000000216. The van der Waals surface area contributed by atoms with Gasteiger partial charge in [0.05, 0.1) is 33.5 Å². The maximum absolute atomic E-state index is 5.40. The van der Waals surface area contributed by atoms with E-state index in [2.05, 4.69) is 65.3 Å². The van der Waals surface area contributed by atoms with E-state index in [0.29, 0.717) is 0 Å². The minimum atomic E-state index is 0.0677. The molecule has 1 saturated heterocycles. The minimum absolute atomic E-state index is 0.0677. The minimum Gasteiger partial charge on any atom is -0.373 e. The van der Waals surface area contributed by atoms with Gasteiger partial charge in [0.1, 0.15) is 0 Å². The number of morpholine rings is 1. The van der Waals surface area contributed by atoms with Crippen LogP contribution < -0.4 is 10.6 Å². The third-order valence-electron chi connectivity index (χ3n) is 4.66. The van der Waals surface area contributed by atoms with Crippen LogP contribution in [-0.2, 0) is 4.74 Å². The van der Waals surface area contributed by atoms with E-state index >= 15 is 0 Å². The van der Waals surface area contributed by atoms with Crippen molar-refractivity contribution in [1.82, 2.24) is 15.3 Å². The van der Waals surface area contributed by atoms with Crippen LogP contribution in [0.1, 0.15) is 13.8 Å². The Bertz CT molecular complexity index is 1120. The third kappa shape index (κ3) is 5.05. The Kier molecular flexibility index (Phi) is 6.01. The molecule has 0 saturated carbocycles. The molecule has 2 N–H and O–H groups in total. The maximum atomic E-state index is 5.40. The summed E-state index contributed by atoms with van der Waals surface area (Å²) in [6.07, 6.45) is 1.81. The van der Waals surface area contributed by atoms with Gasteiger partial charge >= 0.3 is 0 Å². The first-order chi connectivity index (χ1) is 14.0. The molecule has 5 nitrogen and oxygen atoms in total. The largest absolute Gasteiger partial charge is 0.373 e. The average molecular weight is 425 g/mol. The van der Waals surface area contributed by atoms with E-state index in [1.54, 1.807) is 11.3 Å². The van der Waals surface area contributed by atoms with Gasteiger partial charge in [0.15, 0.2) is 0 Å². The summed E-state index contributed by atoms with van der Waals surface area (Å²) in [5, 5.41) is 7.76. The van der Waals surface area contributed by atoms with Crippen molar-refractivity contribution in [3.8, 4) is 0 Å². The first-order valence-corrected chi connectivity index (χ1v) is 10.9. The zero-order valence-electron chi connectivity index (χ0n) is 16.5. The monoisotopic (exact) mass is 424 g/mol. The molecular formula is C22H24N4OS2. The van der Waals surface area contributed by atoms with E-state index < -0.39 is 0 Å². The molecule has 2 aromatic carbocycles. The Morgan fingerprint density at radius 2 is 2.00 bits per heavy atom. The fraction of sp³-hybridized carbons (Fsp3) is 0.273. The summed E-state index contributed by atoms with van der Waals surface area (Å²) in [7, 11) is 0. The number of benzene rings is 2. The number of hydrogen-bond donors (Lipinski definition) is 3. The number of pyridine rings is 1. The molecule has 4 aromatic rings. The molecule has 0 atom stereocenters. The normalized spacial score (nSPS) is 15.7. The number of nitrogens with one attached hydrogen (secondary N) is 2. The zero-order valence-corrected chi connectivity index (χ0v) is 18.2. The van der Waals surface area contributed by atoms with Crippen LogP contribution in [0.2, 0.25) is 0 Å². The lowest BCUT2D eigenvalue weighted by Crippen LogP contribution is -2.45. The van der Waals surface area contributed by atoms with Gasteiger partial charge in [-0.25, -0.2) is 4.98 Å². The Morgan fingerprint density at radius 3 is 2.76 bits per heavy atom. The van der Waals surface area contributed by atoms with Crippen LogP contribution in [0.5, 0.6) is 0 Å². The second-order valence-electron chi connectivity index (χ2n) is 7.50. The predicted molar refractivity (Wildman–Crippen MR) is 125 cm³/mol. The van der Waals surface area contributed by atoms with Crippen LogP contribution >= 0.6 is 24.0 Å². The molecule has 0 bridgehead atoms. The molecule has 0 amide bonds. The van der Waals surface area contributed by atoms with Crippen LogP contribution in [0.4, 0.5) is 11.4 Å². The predicted octanol–water partition coefficient (Wildman–Crippen LogP) is 5.26. The van der Waals surface area contributed by atoms with Gasteiger partial charge < -0.3 is 15.4 Å². The SMILES string of the molecule is CC1(C)CNCCO1.Sc1ccc2nccc(Nc3ccc4scnc4c3)c2c1. The van der Waals surface area contributed by atoms with Crippen LogP contribution in [0.3, 0.4) is 0 Å². The molecule has 0 aliphatic carbocycles. The van der Waals surface area contributed by atoms with Crippen LogP contribution in [0.25, 0.3) is 21.1 Å². The van der Waals surface area contributed by atoms with Crippen LogP contribution in [-0.4, -0.2) is 35.3 Å². The number of nitrogens with zero attached hydrogens (tertiary/aromatic N) is 2. The number of rotatable bonds is 2. The fourth-order valence-corrected chi connectivity index (χ4v) is 4.04. The zero-order chi connectivity index (χ0) is 20.3. The van der Waals surface area contributed by atoms with Gasteiger partial charge in [0.25, 0.3) is 0 Å². The first kappa shape index (κ1) is 20.1. The summed E-state index contributed by atoms with van der Waals surface area (Å²) in [6, 6.07) is 14.1. The van der Waals surface area contributed by atoms with Crippen LogP contribution in [0.15, 0.2) is 59.1 Å². The smallest absolute Gasteiger partial charge is 0.0832 e. The van der Waals surface area contributed by atoms with Gasteiger partial charge in [0.2, 0.25) is 0 Å². The number of thiazole rings is 1. The number of ether oxygens (including phenoxy) is 1. The molecule has 2 aromatic heterocycles. The highest BCUT2D eigenvalue weighted by Gasteiger charge is 2.20. The summed E-state index contributed by atoms with van der Waals surface area (Å²) in [4.78, 5) is 9.66. The maximum Gasteiger partial charge on any atom is 0.0832 e. The number of hydrogen-bond acceptors (Lipinski definition) is 7. The lowest BCUT2D eigenvalue weighted by atomic mass is 10.1. The van der Waals surface area contributed by atoms with E-state index in [1.165, 1.54) is 4.70 Å². The lowest BCUT2D eigenvalue weighted by molar-refractivity contribution is -0.0384. The second kappa shape index (κ2) is 8.67. The van der Waals surface area contributed by atoms with Crippen LogP contribution in [0, 0.1) is 0 Å². The topological polar surface area (TPSA) is 59.1 Å². The van der Waals surface area contributed by atoms with E-state index in [-0.39, 0.29) is 5.60 Å². The van der Waals surface area contributed by atoms with Crippen molar-refractivity contribution >= 4 is 56.5 Å². The van der Waals surface area contributed by atoms with E-state index in [9.17, 15) is 0 Å². The summed E-state index contributed by atoms with van der Waals surface area (Å²) in [5.74, 6) is 0. The molecular weight excluding hydrogens is 400 g/mol. The second-order valence-corrected chi connectivity index (χ2v) is 8.91. The molecule has 3 heterocycles. The van der Waals surface area contributed by atoms with Crippen molar-refractivity contribution < 1.29 is 4.74 Å². The summed E-state index contributed by atoms with van der Waals surface area (Å²) >= 11 is 6.06. The van der Waals surface area contributed by atoms with Crippen molar-refractivity contribution in [2.45, 2.75) is 24.3 Å². The Morgan fingerprint density at radius 1 is 1.10 bits per heavy atom. The molecule has 150 valence electrons. The molecule has 29 heavy (non-hydrogen) atoms. The van der Waals surface area contributed by atoms with E-state index in [4.69, 9.17) is 4.74 Å². The molecule has 7 heteroatoms. The first-order valence-electron chi connectivity index (χ1n) is 9.53. The number of fused-ring (bicyclic) bond motifs is 2. The van der Waals surface area contributed by atoms with Gasteiger partial charge in [-0.15, -0.1) is 24.0 Å². The molecule has 0 unspecified atom stereocenters. The quantitative estimate of drug-likeness (QED) is 0.383. The van der Waals surface area contributed by atoms with Crippen molar-refractivity contribution in [2.24, 2.45) is 0 Å². The van der Waals surface area contributed by atoms with Crippen molar-refractivity contribution in [1.29, 1.82) is 0 Å².